The highest BCUT2D eigenvalue weighted by Crippen LogP contribution is 2.13. The molecule has 1 aromatic rings. The van der Waals surface area contributed by atoms with E-state index in [9.17, 15) is 4.79 Å². The number of hydrogen-bond acceptors (Lipinski definition) is 3. The predicted octanol–water partition coefficient (Wildman–Crippen LogP) is 1.61. The van der Waals surface area contributed by atoms with E-state index in [1.807, 2.05) is 0 Å². The molecule has 0 aliphatic rings. The second-order valence-corrected chi connectivity index (χ2v) is 3.98. The zero-order valence-electron chi connectivity index (χ0n) is 10.1. The number of H-pyrrole nitrogens is 1. The molecule has 0 radical (unpaired) electrons. The molecule has 0 fully saturated rings. The smallest absolute Gasteiger partial charge is 0.274 e. The topological polar surface area (TPSA) is 83.8 Å². The average molecular weight is 224 g/mol. The van der Waals surface area contributed by atoms with E-state index in [1.54, 1.807) is 6.92 Å². The van der Waals surface area contributed by atoms with E-state index in [0.29, 0.717) is 11.4 Å². The minimum absolute atomic E-state index is 0.192. The van der Waals surface area contributed by atoms with Gasteiger partial charge in [0.05, 0.1) is 11.4 Å². The Labute approximate surface area is 95.8 Å². The van der Waals surface area contributed by atoms with Crippen molar-refractivity contribution >= 4 is 11.6 Å². The minimum atomic E-state index is -0.192. The molecule has 0 spiro atoms. The standard InChI is InChI=1S/C11H20N4O/c1-4-6-8(5-2)13-11(16)10-9(12)7(3)14-15-10/h8H,4-6,12H2,1-3H3,(H,13,16)(H,14,15). The number of carbonyl (C=O) groups is 1. The number of anilines is 1. The van der Waals surface area contributed by atoms with Crippen LogP contribution in [0, 0.1) is 6.92 Å². The van der Waals surface area contributed by atoms with Crippen molar-refractivity contribution in [3.63, 3.8) is 0 Å². The predicted molar refractivity (Wildman–Crippen MR) is 64.2 cm³/mol. The van der Waals surface area contributed by atoms with E-state index >= 15 is 0 Å². The number of nitrogens with two attached hydrogens (primary N) is 1. The highest BCUT2D eigenvalue weighted by atomic mass is 16.2. The van der Waals surface area contributed by atoms with Crippen LogP contribution in [0.3, 0.4) is 0 Å². The van der Waals surface area contributed by atoms with Crippen LogP contribution in [0.5, 0.6) is 0 Å². The number of nitrogens with one attached hydrogen (secondary N) is 2. The number of nitrogen functional groups attached to an aromatic ring is 1. The molecular formula is C11H20N4O. The van der Waals surface area contributed by atoms with Gasteiger partial charge in [-0.2, -0.15) is 5.10 Å². The number of amides is 1. The summed E-state index contributed by atoms with van der Waals surface area (Å²) in [7, 11) is 0. The average Bonchev–Trinajstić information content (AvgIpc) is 2.59. The highest BCUT2D eigenvalue weighted by molar-refractivity contribution is 5.97. The van der Waals surface area contributed by atoms with Crippen LogP contribution >= 0.6 is 0 Å². The number of hydrogen-bond donors (Lipinski definition) is 3. The third kappa shape index (κ3) is 2.74. The van der Waals surface area contributed by atoms with Gasteiger partial charge in [0.2, 0.25) is 0 Å². The first-order valence-electron chi connectivity index (χ1n) is 5.71. The maximum atomic E-state index is 11.8. The molecule has 0 aromatic carbocycles. The molecule has 5 nitrogen and oxygen atoms in total. The molecule has 0 saturated carbocycles. The number of aromatic nitrogens is 2. The Hall–Kier alpha value is -1.52. The molecule has 1 aromatic heterocycles. The summed E-state index contributed by atoms with van der Waals surface area (Å²) >= 11 is 0. The van der Waals surface area contributed by atoms with Gasteiger partial charge in [0.1, 0.15) is 0 Å². The van der Waals surface area contributed by atoms with Crippen molar-refractivity contribution in [3.05, 3.63) is 11.4 Å². The molecule has 90 valence electrons. The van der Waals surface area contributed by atoms with E-state index in [1.165, 1.54) is 0 Å². The van der Waals surface area contributed by atoms with Gasteiger partial charge in [-0.1, -0.05) is 20.3 Å². The van der Waals surface area contributed by atoms with E-state index in [0.717, 1.165) is 25.0 Å². The van der Waals surface area contributed by atoms with E-state index < -0.39 is 0 Å². The molecule has 5 heteroatoms. The Morgan fingerprint density at radius 3 is 2.69 bits per heavy atom. The number of aryl methyl sites for hydroxylation is 1. The first-order chi connectivity index (χ1) is 7.60. The van der Waals surface area contributed by atoms with Gasteiger partial charge in [-0.25, -0.2) is 0 Å². The fourth-order valence-corrected chi connectivity index (χ4v) is 1.59. The van der Waals surface area contributed by atoms with Crippen molar-refractivity contribution in [3.8, 4) is 0 Å². The Balaban J connectivity index is 2.68. The van der Waals surface area contributed by atoms with Gasteiger partial charge < -0.3 is 11.1 Å². The summed E-state index contributed by atoms with van der Waals surface area (Å²) in [5, 5.41) is 9.54. The van der Waals surface area contributed by atoms with Crippen LogP contribution in [-0.2, 0) is 0 Å². The lowest BCUT2D eigenvalue weighted by atomic mass is 10.1. The number of aromatic amines is 1. The molecular weight excluding hydrogens is 204 g/mol. The lowest BCUT2D eigenvalue weighted by molar-refractivity contribution is 0.0929. The molecule has 0 saturated heterocycles. The fraction of sp³-hybridized carbons (Fsp3) is 0.636. The number of rotatable bonds is 5. The molecule has 0 aliphatic carbocycles. The molecule has 16 heavy (non-hydrogen) atoms. The summed E-state index contributed by atoms with van der Waals surface area (Å²) in [6, 6.07) is 0.203. The largest absolute Gasteiger partial charge is 0.395 e. The van der Waals surface area contributed by atoms with Gasteiger partial charge >= 0.3 is 0 Å². The van der Waals surface area contributed by atoms with E-state index in [4.69, 9.17) is 5.73 Å². The highest BCUT2D eigenvalue weighted by Gasteiger charge is 2.17. The normalized spacial score (nSPS) is 12.4. The van der Waals surface area contributed by atoms with E-state index in [-0.39, 0.29) is 11.9 Å². The molecule has 0 bridgehead atoms. The lowest BCUT2D eigenvalue weighted by Gasteiger charge is -2.15. The Kier molecular flexibility index (Phi) is 4.34. The molecule has 1 heterocycles. The van der Waals surface area contributed by atoms with Crippen LogP contribution in [0.4, 0.5) is 5.69 Å². The van der Waals surface area contributed by atoms with Crippen LogP contribution < -0.4 is 11.1 Å². The summed E-state index contributed by atoms with van der Waals surface area (Å²) in [6.07, 6.45) is 2.95. The maximum Gasteiger partial charge on any atom is 0.274 e. The van der Waals surface area contributed by atoms with Crippen molar-refractivity contribution in [1.29, 1.82) is 0 Å². The van der Waals surface area contributed by atoms with Crippen LogP contribution in [0.15, 0.2) is 0 Å². The van der Waals surface area contributed by atoms with Gasteiger partial charge in [-0.05, 0) is 19.8 Å². The van der Waals surface area contributed by atoms with Crippen molar-refractivity contribution in [1.82, 2.24) is 15.5 Å². The first kappa shape index (κ1) is 12.5. The summed E-state index contributed by atoms with van der Waals surface area (Å²) in [4.78, 5) is 11.8. The zero-order chi connectivity index (χ0) is 12.1. The second kappa shape index (κ2) is 5.53. The van der Waals surface area contributed by atoms with Crippen molar-refractivity contribution in [2.75, 3.05) is 5.73 Å². The molecule has 1 atom stereocenters. The maximum absolute atomic E-state index is 11.8. The Morgan fingerprint density at radius 1 is 1.56 bits per heavy atom. The third-order valence-electron chi connectivity index (χ3n) is 2.67. The van der Waals surface area contributed by atoms with Gasteiger partial charge in [-0.3, -0.25) is 9.89 Å². The van der Waals surface area contributed by atoms with Crippen molar-refractivity contribution < 1.29 is 4.79 Å². The van der Waals surface area contributed by atoms with Crippen molar-refractivity contribution in [2.45, 2.75) is 46.1 Å². The quantitative estimate of drug-likeness (QED) is 0.710. The van der Waals surface area contributed by atoms with Crippen LogP contribution in [-0.4, -0.2) is 22.1 Å². The summed E-state index contributed by atoms with van der Waals surface area (Å²) < 4.78 is 0. The molecule has 1 rings (SSSR count). The number of carbonyl (C=O) groups excluding carboxylic acids is 1. The molecule has 0 aliphatic heterocycles. The second-order valence-electron chi connectivity index (χ2n) is 3.98. The van der Waals surface area contributed by atoms with Gasteiger partial charge in [0.25, 0.3) is 5.91 Å². The molecule has 1 amide bonds. The summed E-state index contributed by atoms with van der Waals surface area (Å²) in [6.45, 7) is 5.95. The molecule has 4 N–H and O–H groups in total. The third-order valence-corrected chi connectivity index (χ3v) is 2.67. The number of nitrogens with zero attached hydrogens (tertiary/aromatic N) is 1. The SMILES string of the molecule is CCCC(CC)NC(=O)c1n[nH]c(C)c1N. The van der Waals surface area contributed by atoms with E-state index in [2.05, 4.69) is 29.4 Å². The van der Waals surface area contributed by atoms with Crippen LogP contribution in [0.1, 0.15) is 49.3 Å². The zero-order valence-corrected chi connectivity index (χ0v) is 10.1. The Morgan fingerprint density at radius 2 is 2.25 bits per heavy atom. The van der Waals surface area contributed by atoms with Gasteiger partial charge in [0.15, 0.2) is 5.69 Å². The van der Waals surface area contributed by atoms with Crippen molar-refractivity contribution in [2.24, 2.45) is 0 Å². The molecule has 1 unspecified atom stereocenters. The minimum Gasteiger partial charge on any atom is -0.395 e. The summed E-state index contributed by atoms with van der Waals surface area (Å²) in [5.74, 6) is -0.192. The fourth-order valence-electron chi connectivity index (χ4n) is 1.59. The lowest BCUT2D eigenvalue weighted by Crippen LogP contribution is -2.34. The van der Waals surface area contributed by atoms with Crippen LogP contribution in [0.25, 0.3) is 0 Å². The monoisotopic (exact) mass is 224 g/mol. The summed E-state index contributed by atoms with van der Waals surface area (Å²) in [5.41, 5.74) is 7.20. The van der Waals surface area contributed by atoms with Gasteiger partial charge in [0, 0.05) is 6.04 Å². The van der Waals surface area contributed by atoms with Gasteiger partial charge in [-0.15, -0.1) is 0 Å². The Bertz CT molecular complexity index is 359. The first-order valence-corrected chi connectivity index (χ1v) is 5.71. The van der Waals surface area contributed by atoms with Crippen LogP contribution in [0.2, 0.25) is 0 Å².